The predicted molar refractivity (Wildman–Crippen MR) is 109 cm³/mol. The number of methoxy groups -OCH3 is 1. The average molecular weight is 358 g/mol. The summed E-state index contributed by atoms with van der Waals surface area (Å²) in [5.41, 5.74) is 5.70. The summed E-state index contributed by atoms with van der Waals surface area (Å²) >= 11 is 5.19. The van der Waals surface area contributed by atoms with Crippen molar-refractivity contribution >= 4 is 23.1 Å². The number of para-hydroxylation sites is 1. The van der Waals surface area contributed by atoms with Gasteiger partial charge < -0.3 is 14.8 Å². The molecule has 2 aromatic rings. The van der Waals surface area contributed by atoms with Crippen molar-refractivity contribution in [3.8, 4) is 5.75 Å². The zero-order chi connectivity index (χ0) is 18.4. The van der Waals surface area contributed by atoms with Gasteiger partial charge in [-0.3, -0.25) is 0 Å². The summed E-state index contributed by atoms with van der Waals surface area (Å²) in [6, 6.07) is 12.6. The van der Waals surface area contributed by atoms with Crippen molar-refractivity contribution in [3.05, 3.63) is 58.7 Å². The fourth-order valence-corrected chi connectivity index (χ4v) is 2.88. The van der Waals surface area contributed by atoms with E-state index in [2.05, 4.69) is 63.3 Å². The number of benzene rings is 2. The van der Waals surface area contributed by atoms with Crippen LogP contribution in [0.4, 0.5) is 5.69 Å². The van der Waals surface area contributed by atoms with Crippen molar-refractivity contribution in [2.24, 2.45) is 0 Å². The third-order valence-electron chi connectivity index (χ3n) is 4.25. The molecule has 1 N–H and O–H groups in total. The van der Waals surface area contributed by atoms with E-state index in [-0.39, 0.29) is 0 Å². The first-order valence-corrected chi connectivity index (χ1v) is 9.06. The highest BCUT2D eigenvalue weighted by molar-refractivity contribution is 7.80. The maximum atomic E-state index is 6.09. The molecule has 0 bridgehead atoms. The van der Waals surface area contributed by atoms with Crippen LogP contribution >= 0.6 is 12.2 Å². The van der Waals surface area contributed by atoms with Crippen molar-refractivity contribution in [1.29, 1.82) is 0 Å². The van der Waals surface area contributed by atoms with Gasteiger partial charge in [0.15, 0.2) is 0 Å². The van der Waals surface area contributed by atoms with E-state index >= 15 is 0 Å². The van der Waals surface area contributed by atoms with E-state index in [0.29, 0.717) is 17.7 Å². The summed E-state index contributed by atoms with van der Waals surface area (Å²) in [7, 11) is 1.57. The Morgan fingerprint density at radius 2 is 1.96 bits per heavy atom. The Hall–Kier alpha value is -2.07. The summed E-state index contributed by atoms with van der Waals surface area (Å²) in [4.78, 5) is 0. The van der Waals surface area contributed by atoms with Gasteiger partial charge in [0.2, 0.25) is 0 Å². The lowest BCUT2D eigenvalue weighted by Gasteiger charge is -2.19. The zero-order valence-corrected chi connectivity index (χ0v) is 16.5. The van der Waals surface area contributed by atoms with E-state index in [9.17, 15) is 0 Å². The van der Waals surface area contributed by atoms with Gasteiger partial charge in [0, 0.05) is 5.56 Å². The third kappa shape index (κ3) is 4.95. The Morgan fingerprint density at radius 1 is 1.20 bits per heavy atom. The second kappa shape index (κ2) is 8.86. The van der Waals surface area contributed by atoms with Crippen LogP contribution in [0.25, 0.3) is 0 Å². The van der Waals surface area contributed by atoms with E-state index in [0.717, 1.165) is 29.0 Å². The SMILES string of the molecule is CCc1ccc(OCc2cccc(C(C)C)c2NC(=S)OC)c(C)c1. The fourth-order valence-electron chi connectivity index (χ4n) is 2.78. The quantitative estimate of drug-likeness (QED) is 0.681. The molecule has 0 amide bonds. The minimum absolute atomic E-state index is 0.359. The zero-order valence-electron chi connectivity index (χ0n) is 15.7. The van der Waals surface area contributed by atoms with Crippen molar-refractivity contribution in [2.45, 2.75) is 46.6 Å². The number of nitrogens with one attached hydrogen (secondary N) is 1. The molecule has 0 unspecified atom stereocenters. The van der Waals surface area contributed by atoms with Gasteiger partial charge in [0.25, 0.3) is 5.17 Å². The van der Waals surface area contributed by atoms with E-state index < -0.39 is 0 Å². The summed E-state index contributed by atoms with van der Waals surface area (Å²) in [6.45, 7) is 9.03. The van der Waals surface area contributed by atoms with Gasteiger partial charge in [0.1, 0.15) is 12.4 Å². The fraction of sp³-hybridized carbons (Fsp3) is 0.381. The standard InChI is InChI=1S/C21H27NO2S/c1-6-16-10-11-19(15(4)12-16)24-13-17-8-7-9-18(14(2)3)20(17)22-21(25)23-5/h7-12,14H,6,13H2,1-5H3,(H,22,25). The lowest BCUT2D eigenvalue weighted by atomic mass is 9.98. The Balaban J connectivity index is 2.26. The first-order valence-electron chi connectivity index (χ1n) is 8.65. The highest BCUT2D eigenvalue weighted by atomic mass is 32.1. The summed E-state index contributed by atoms with van der Waals surface area (Å²) < 4.78 is 11.2. The maximum absolute atomic E-state index is 6.09. The molecular formula is C21H27NO2S. The number of ether oxygens (including phenoxy) is 2. The van der Waals surface area contributed by atoms with E-state index in [1.165, 1.54) is 11.1 Å². The van der Waals surface area contributed by atoms with Gasteiger partial charge in [-0.05, 0) is 54.2 Å². The molecule has 4 heteroatoms. The normalized spacial score (nSPS) is 10.6. The molecule has 0 heterocycles. The van der Waals surface area contributed by atoms with Crippen molar-refractivity contribution in [3.63, 3.8) is 0 Å². The molecule has 0 aliphatic rings. The average Bonchev–Trinajstić information content (AvgIpc) is 2.60. The molecule has 25 heavy (non-hydrogen) atoms. The molecule has 2 rings (SSSR count). The Labute approximate surface area is 156 Å². The molecule has 0 spiro atoms. The van der Waals surface area contributed by atoms with Crippen LogP contribution in [0.5, 0.6) is 5.75 Å². The monoisotopic (exact) mass is 357 g/mol. The van der Waals surface area contributed by atoms with Crippen LogP contribution in [0.3, 0.4) is 0 Å². The van der Waals surface area contributed by atoms with Crippen LogP contribution in [0, 0.1) is 6.92 Å². The largest absolute Gasteiger partial charge is 0.489 e. The first kappa shape index (κ1) is 19.3. The number of hydrogen-bond acceptors (Lipinski definition) is 3. The summed E-state index contributed by atoms with van der Waals surface area (Å²) in [5.74, 6) is 1.28. The number of aryl methyl sites for hydroxylation is 2. The molecule has 0 aromatic heterocycles. The van der Waals surface area contributed by atoms with Crippen molar-refractivity contribution in [2.75, 3.05) is 12.4 Å². The molecular weight excluding hydrogens is 330 g/mol. The lowest BCUT2D eigenvalue weighted by molar-refractivity contribution is 0.304. The van der Waals surface area contributed by atoms with Gasteiger partial charge in [-0.15, -0.1) is 0 Å². The molecule has 0 saturated heterocycles. The van der Waals surface area contributed by atoms with Crippen LogP contribution in [-0.4, -0.2) is 12.3 Å². The predicted octanol–water partition coefficient (Wildman–Crippen LogP) is 5.60. The molecule has 0 radical (unpaired) electrons. The molecule has 134 valence electrons. The number of rotatable bonds is 6. The molecule has 0 aliphatic heterocycles. The topological polar surface area (TPSA) is 30.5 Å². The van der Waals surface area contributed by atoms with Gasteiger partial charge in [-0.25, -0.2) is 0 Å². The highest BCUT2D eigenvalue weighted by Gasteiger charge is 2.14. The smallest absolute Gasteiger partial charge is 0.260 e. The second-order valence-corrected chi connectivity index (χ2v) is 6.77. The Bertz CT molecular complexity index is 741. The third-order valence-corrected chi connectivity index (χ3v) is 4.52. The van der Waals surface area contributed by atoms with Crippen LogP contribution in [0.2, 0.25) is 0 Å². The van der Waals surface area contributed by atoms with Gasteiger partial charge in [-0.2, -0.15) is 0 Å². The van der Waals surface area contributed by atoms with Gasteiger partial charge in [-0.1, -0.05) is 51.1 Å². The highest BCUT2D eigenvalue weighted by Crippen LogP contribution is 2.30. The molecule has 0 aliphatic carbocycles. The second-order valence-electron chi connectivity index (χ2n) is 6.39. The van der Waals surface area contributed by atoms with Gasteiger partial charge >= 0.3 is 0 Å². The molecule has 0 atom stereocenters. The van der Waals surface area contributed by atoms with Crippen LogP contribution < -0.4 is 10.1 Å². The molecule has 0 fully saturated rings. The first-order chi connectivity index (χ1) is 12.0. The van der Waals surface area contributed by atoms with Crippen LogP contribution in [0.1, 0.15) is 48.9 Å². The van der Waals surface area contributed by atoms with E-state index in [1.54, 1.807) is 7.11 Å². The number of hydrogen-bond donors (Lipinski definition) is 1. The maximum Gasteiger partial charge on any atom is 0.260 e. The minimum atomic E-state index is 0.359. The van der Waals surface area contributed by atoms with Crippen molar-refractivity contribution in [1.82, 2.24) is 0 Å². The molecule has 3 nitrogen and oxygen atoms in total. The summed E-state index contributed by atoms with van der Waals surface area (Å²) in [5, 5.41) is 3.57. The molecule has 2 aromatic carbocycles. The molecule has 0 saturated carbocycles. The lowest BCUT2D eigenvalue weighted by Crippen LogP contribution is -2.15. The Morgan fingerprint density at radius 3 is 2.56 bits per heavy atom. The number of thiocarbonyl (C=S) groups is 1. The van der Waals surface area contributed by atoms with Crippen LogP contribution in [-0.2, 0) is 17.8 Å². The van der Waals surface area contributed by atoms with Crippen molar-refractivity contribution < 1.29 is 9.47 Å². The summed E-state index contributed by atoms with van der Waals surface area (Å²) in [6.07, 6.45) is 1.03. The number of anilines is 1. The van der Waals surface area contributed by atoms with E-state index in [1.807, 2.05) is 6.07 Å². The van der Waals surface area contributed by atoms with Gasteiger partial charge in [0.05, 0.1) is 12.8 Å². The van der Waals surface area contributed by atoms with Crippen LogP contribution in [0.15, 0.2) is 36.4 Å². The van der Waals surface area contributed by atoms with E-state index in [4.69, 9.17) is 21.7 Å². The minimum Gasteiger partial charge on any atom is -0.489 e. The Kier molecular flexibility index (Phi) is 6.82.